The molecule has 2 unspecified atom stereocenters. The Bertz CT molecular complexity index is 161. The number of hydrogen-bond acceptors (Lipinski definition) is 3. The Morgan fingerprint density at radius 2 is 2.27 bits per heavy atom. The molecule has 5 heteroatoms. The van der Waals surface area contributed by atoms with Gasteiger partial charge in [-0.25, -0.2) is 0 Å². The molecule has 66 valence electrons. The number of hydrogen-bond donors (Lipinski definition) is 2. The van der Waals surface area contributed by atoms with E-state index in [0.29, 0.717) is 12.3 Å². The minimum Gasteiger partial charge on any atom is -0.368 e. The van der Waals surface area contributed by atoms with Gasteiger partial charge in [-0.1, -0.05) is 0 Å². The molecule has 0 aromatic heterocycles. The minimum atomic E-state index is -0.810. The lowest BCUT2D eigenvalue weighted by Crippen LogP contribution is -2.40. The Hall–Kier alpha value is -0.420. The fourth-order valence-corrected chi connectivity index (χ4v) is 0.925. The number of rotatable bonds is 5. The van der Waals surface area contributed by atoms with Crippen molar-refractivity contribution >= 4 is 16.7 Å². The monoisotopic (exact) mass is 178 g/mol. The molecule has 0 fully saturated rings. The predicted molar refractivity (Wildman–Crippen MR) is 45.6 cm³/mol. The summed E-state index contributed by atoms with van der Waals surface area (Å²) < 4.78 is 10.6. The van der Waals surface area contributed by atoms with Crippen LogP contribution in [0.15, 0.2) is 0 Å². The van der Waals surface area contributed by atoms with Crippen LogP contribution < -0.4 is 11.1 Å². The fraction of sp³-hybridized carbons (Fsp3) is 0.833. The maximum Gasteiger partial charge on any atom is 0.234 e. The van der Waals surface area contributed by atoms with Gasteiger partial charge in [0, 0.05) is 29.4 Å². The van der Waals surface area contributed by atoms with Gasteiger partial charge in [-0.2, -0.15) is 0 Å². The van der Waals surface area contributed by atoms with Crippen LogP contribution in [-0.4, -0.2) is 34.7 Å². The smallest absolute Gasteiger partial charge is 0.234 e. The van der Waals surface area contributed by atoms with E-state index in [0.717, 1.165) is 0 Å². The molecule has 0 aliphatic carbocycles. The highest BCUT2D eigenvalue weighted by Gasteiger charge is 2.05. The summed E-state index contributed by atoms with van der Waals surface area (Å²) in [6.45, 7) is 2.24. The Kier molecular flexibility index (Phi) is 5.06. The van der Waals surface area contributed by atoms with Crippen LogP contribution in [0.4, 0.5) is 0 Å². The molecule has 1 amide bonds. The minimum absolute atomic E-state index is 0.335. The highest BCUT2D eigenvalue weighted by atomic mass is 32.2. The molecule has 0 aliphatic heterocycles. The van der Waals surface area contributed by atoms with E-state index in [1.165, 1.54) is 0 Å². The quantitative estimate of drug-likeness (QED) is 0.557. The van der Waals surface area contributed by atoms with Crippen molar-refractivity contribution in [2.45, 2.75) is 13.0 Å². The van der Waals surface area contributed by atoms with Crippen LogP contribution in [0.2, 0.25) is 0 Å². The van der Waals surface area contributed by atoms with Gasteiger partial charge in [0.05, 0.1) is 6.04 Å². The van der Waals surface area contributed by atoms with E-state index in [1.807, 2.05) is 0 Å². The van der Waals surface area contributed by atoms with Crippen LogP contribution in [0.1, 0.15) is 6.92 Å². The summed E-state index contributed by atoms with van der Waals surface area (Å²) >= 11 is 0. The summed E-state index contributed by atoms with van der Waals surface area (Å²) in [5, 5.41) is 2.85. The highest BCUT2D eigenvalue weighted by molar-refractivity contribution is 7.84. The third-order valence-corrected chi connectivity index (χ3v) is 2.05. The molecule has 0 aromatic rings. The highest BCUT2D eigenvalue weighted by Crippen LogP contribution is 1.78. The SMILES string of the molecule is CC(NCCS(C)=O)C(N)=O. The number of nitrogens with two attached hydrogens (primary N) is 1. The number of carbonyl (C=O) groups is 1. The van der Waals surface area contributed by atoms with E-state index in [-0.39, 0.29) is 11.9 Å². The predicted octanol–water partition coefficient (Wildman–Crippen LogP) is -1.17. The maximum atomic E-state index is 10.6. The largest absolute Gasteiger partial charge is 0.368 e. The molecule has 4 nitrogen and oxygen atoms in total. The van der Waals surface area contributed by atoms with Crippen molar-refractivity contribution in [1.29, 1.82) is 0 Å². The lowest BCUT2D eigenvalue weighted by atomic mass is 10.3. The van der Waals surface area contributed by atoms with Gasteiger partial charge in [0.1, 0.15) is 0 Å². The molecular formula is C6H14N2O2S. The van der Waals surface area contributed by atoms with E-state index in [2.05, 4.69) is 5.32 Å². The molecule has 3 N–H and O–H groups in total. The van der Waals surface area contributed by atoms with E-state index in [4.69, 9.17) is 5.73 Å². The van der Waals surface area contributed by atoms with Crippen LogP contribution in [0.3, 0.4) is 0 Å². The average molecular weight is 178 g/mol. The van der Waals surface area contributed by atoms with Crippen molar-refractivity contribution in [3.05, 3.63) is 0 Å². The van der Waals surface area contributed by atoms with Crippen molar-refractivity contribution in [2.75, 3.05) is 18.6 Å². The number of carbonyl (C=O) groups excluding carboxylic acids is 1. The lowest BCUT2D eigenvalue weighted by Gasteiger charge is -2.07. The second kappa shape index (κ2) is 5.26. The van der Waals surface area contributed by atoms with Crippen LogP contribution >= 0.6 is 0 Å². The molecule has 2 atom stereocenters. The zero-order valence-electron chi connectivity index (χ0n) is 6.79. The zero-order valence-corrected chi connectivity index (χ0v) is 7.61. The lowest BCUT2D eigenvalue weighted by molar-refractivity contribution is -0.119. The number of nitrogens with one attached hydrogen (secondary N) is 1. The van der Waals surface area contributed by atoms with Gasteiger partial charge in [-0.05, 0) is 6.92 Å². The van der Waals surface area contributed by atoms with Crippen molar-refractivity contribution in [1.82, 2.24) is 5.32 Å². The molecule has 0 spiro atoms. The first kappa shape index (κ1) is 10.6. The summed E-state index contributed by atoms with van der Waals surface area (Å²) in [6.07, 6.45) is 1.62. The molecule has 0 saturated heterocycles. The topological polar surface area (TPSA) is 72.2 Å². The normalized spacial score (nSPS) is 15.8. The number of amides is 1. The van der Waals surface area contributed by atoms with Crippen molar-refractivity contribution in [3.8, 4) is 0 Å². The van der Waals surface area contributed by atoms with Crippen LogP contribution in [0.5, 0.6) is 0 Å². The van der Waals surface area contributed by atoms with Crippen LogP contribution in [0, 0.1) is 0 Å². The summed E-state index contributed by atoms with van der Waals surface area (Å²) in [6, 6.07) is -0.335. The summed E-state index contributed by atoms with van der Waals surface area (Å²) in [5.41, 5.74) is 4.98. The van der Waals surface area contributed by atoms with Gasteiger partial charge < -0.3 is 11.1 Å². The van der Waals surface area contributed by atoms with Gasteiger partial charge in [-0.15, -0.1) is 0 Å². The summed E-state index contributed by atoms with van der Waals surface area (Å²) in [4.78, 5) is 10.5. The van der Waals surface area contributed by atoms with Crippen molar-refractivity contribution in [3.63, 3.8) is 0 Å². The van der Waals surface area contributed by atoms with E-state index in [1.54, 1.807) is 13.2 Å². The molecule has 0 heterocycles. The average Bonchev–Trinajstić information content (AvgIpc) is 1.86. The summed E-state index contributed by atoms with van der Waals surface area (Å²) in [5.74, 6) is 0.171. The van der Waals surface area contributed by atoms with E-state index in [9.17, 15) is 9.00 Å². The first-order valence-electron chi connectivity index (χ1n) is 3.36. The standard InChI is InChI=1S/C6H14N2O2S/c1-5(6(7)9)8-3-4-11(2)10/h5,8H,3-4H2,1-2H3,(H2,7,9). The maximum absolute atomic E-state index is 10.6. The Labute approximate surface area is 69.0 Å². The third-order valence-electron chi connectivity index (χ3n) is 1.27. The fourth-order valence-electron chi connectivity index (χ4n) is 0.520. The van der Waals surface area contributed by atoms with Crippen LogP contribution in [0.25, 0.3) is 0 Å². The second-order valence-corrected chi connectivity index (χ2v) is 3.91. The van der Waals surface area contributed by atoms with Crippen molar-refractivity contribution < 1.29 is 9.00 Å². The van der Waals surface area contributed by atoms with Gasteiger partial charge >= 0.3 is 0 Å². The molecular weight excluding hydrogens is 164 g/mol. The van der Waals surface area contributed by atoms with Gasteiger partial charge in [0.2, 0.25) is 5.91 Å². The molecule has 0 aromatic carbocycles. The molecule has 11 heavy (non-hydrogen) atoms. The Morgan fingerprint density at radius 3 is 2.64 bits per heavy atom. The Balaban J connectivity index is 3.39. The van der Waals surface area contributed by atoms with Crippen LogP contribution in [-0.2, 0) is 15.6 Å². The Morgan fingerprint density at radius 1 is 1.73 bits per heavy atom. The molecule has 0 bridgehead atoms. The van der Waals surface area contributed by atoms with Gasteiger partial charge in [-0.3, -0.25) is 9.00 Å². The van der Waals surface area contributed by atoms with Crippen molar-refractivity contribution in [2.24, 2.45) is 5.73 Å². The molecule has 0 aliphatic rings. The zero-order chi connectivity index (χ0) is 8.85. The van der Waals surface area contributed by atoms with E-state index >= 15 is 0 Å². The molecule has 0 radical (unpaired) electrons. The first-order valence-corrected chi connectivity index (χ1v) is 5.09. The number of primary amides is 1. The van der Waals surface area contributed by atoms with E-state index < -0.39 is 10.8 Å². The first-order chi connectivity index (χ1) is 5.04. The molecule has 0 rings (SSSR count). The van der Waals surface area contributed by atoms with Gasteiger partial charge in [0.25, 0.3) is 0 Å². The molecule has 0 saturated carbocycles. The summed E-state index contributed by atoms with van der Waals surface area (Å²) in [7, 11) is -0.810. The third kappa shape index (κ3) is 6.00. The second-order valence-electron chi connectivity index (χ2n) is 2.36. The van der Waals surface area contributed by atoms with Gasteiger partial charge in [0.15, 0.2) is 0 Å².